The highest BCUT2D eigenvalue weighted by Gasteiger charge is 2.19. The van der Waals surface area contributed by atoms with Gasteiger partial charge in [0.15, 0.2) is 0 Å². The maximum atomic E-state index is 13.0. The van der Waals surface area contributed by atoms with Gasteiger partial charge in [-0.15, -0.1) is 0 Å². The van der Waals surface area contributed by atoms with E-state index in [0.717, 1.165) is 25.7 Å². The third kappa shape index (κ3) is 3.64. The molecule has 1 aliphatic rings. The van der Waals surface area contributed by atoms with Crippen LogP contribution in [0.25, 0.3) is 0 Å². The second kappa shape index (κ2) is 5.97. The van der Waals surface area contributed by atoms with Crippen molar-refractivity contribution < 1.29 is 9.31 Å². The standard InChI is InChI=1S/C13H18FN3O2/c1-10(9-16-6-2-3-7-16)15-12-5-4-11(14)8-13(12)17(18)19/h4-5,8,10,15H,2-3,6-7,9H2,1H3. The van der Waals surface area contributed by atoms with Crippen molar-refractivity contribution in [3.63, 3.8) is 0 Å². The summed E-state index contributed by atoms with van der Waals surface area (Å²) < 4.78 is 13.0. The van der Waals surface area contributed by atoms with Crippen molar-refractivity contribution in [2.24, 2.45) is 0 Å². The van der Waals surface area contributed by atoms with E-state index in [9.17, 15) is 14.5 Å². The summed E-state index contributed by atoms with van der Waals surface area (Å²) in [5.41, 5.74) is 0.159. The van der Waals surface area contributed by atoms with Crippen molar-refractivity contribution in [1.82, 2.24) is 4.90 Å². The van der Waals surface area contributed by atoms with E-state index < -0.39 is 10.7 Å². The molecule has 0 aliphatic carbocycles. The molecule has 1 aromatic carbocycles. The van der Waals surface area contributed by atoms with Gasteiger partial charge in [-0.25, -0.2) is 4.39 Å². The van der Waals surface area contributed by atoms with E-state index in [0.29, 0.717) is 5.69 Å². The minimum absolute atomic E-state index is 0.0854. The van der Waals surface area contributed by atoms with Crippen molar-refractivity contribution in [3.05, 3.63) is 34.1 Å². The van der Waals surface area contributed by atoms with Gasteiger partial charge in [0.25, 0.3) is 5.69 Å². The van der Waals surface area contributed by atoms with Crippen molar-refractivity contribution in [1.29, 1.82) is 0 Å². The average Bonchev–Trinajstić information content (AvgIpc) is 2.83. The molecule has 1 N–H and O–H groups in total. The van der Waals surface area contributed by atoms with Crippen molar-refractivity contribution in [2.45, 2.75) is 25.8 Å². The molecule has 5 nitrogen and oxygen atoms in total. The molecule has 104 valence electrons. The van der Waals surface area contributed by atoms with Crippen LogP contribution >= 0.6 is 0 Å². The molecule has 0 spiro atoms. The first-order valence-corrected chi connectivity index (χ1v) is 6.49. The van der Waals surface area contributed by atoms with Gasteiger partial charge in [0, 0.05) is 12.6 Å². The Balaban J connectivity index is 2.03. The van der Waals surface area contributed by atoms with Gasteiger partial charge < -0.3 is 10.2 Å². The van der Waals surface area contributed by atoms with Crippen LogP contribution in [-0.2, 0) is 0 Å². The van der Waals surface area contributed by atoms with E-state index in [1.54, 1.807) is 0 Å². The van der Waals surface area contributed by atoms with E-state index in [-0.39, 0.29) is 11.7 Å². The lowest BCUT2D eigenvalue weighted by Crippen LogP contribution is -2.33. The molecule has 0 amide bonds. The molecule has 0 bridgehead atoms. The van der Waals surface area contributed by atoms with Crippen molar-refractivity contribution >= 4 is 11.4 Å². The highest BCUT2D eigenvalue weighted by molar-refractivity contribution is 5.61. The Morgan fingerprint density at radius 2 is 2.16 bits per heavy atom. The van der Waals surface area contributed by atoms with Crippen LogP contribution in [0, 0.1) is 15.9 Å². The molecule has 1 aliphatic heterocycles. The molecular weight excluding hydrogens is 249 g/mol. The average molecular weight is 267 g/mol. The summed E-state index contributed by atoms with van der Waals surface area (Å²) in [6.07, 6.45) is 2.42. The summed E-state index contributed by atoms with van der Waals surface area (Å²) >= 11 is 0. The van der Waals surface area contributed by atoms with Crippen LogP contribution in [0.1, 0.15) is 19.8 Å². The van der Waals surface area contributed by atoms with Crippen LogP contribution in [-0.4, -0.2) is 35.5 Å². The molecule has 1 unspecified atom stereocenters. The molecule has 6 heteroatoms. The first-order chi connectivity index (χ1) is 9.06. The molecule has 1 aromatic rings. The van der Waals surface area contributed by atoms with Gasteiger partial charge in [-0.3, -0.25) is 10.1 Å². The van der Waals surface area contributed by atoms with Crippen LogP contribution in [0.2, 0.25) is 0 Å². The molecule has 0 radical (unpaired) electrons. The first-order valence-electron chi connectivity index (χ1n) is 6.49. The number of nitro groups is 1. The molecule has 1 saturated heterocycles. The quantitative estimate of drug-likeness (QED) is 0.658. The van der Waals surface area contributed by atoms with E-state index in [4.69, 9.17) is 0 Å². The zero-order valence-corrected chi connectivity index (χ0v) is 10.9. The maximum absolute atomic E-state index is 13.0. The number of nitrogens with one attached hydrogen (secondary N) is 1. The van der Waals surface area contributed by atoms with Crippen molar-refractivity contribution in [2.75, 3.05) is 25.0 Å². The van der Waals surface area contributed by atoms with Crippen LogP contribution in [0.15, 0.2) is 18.2 Å². The maximum Gasteiger partial charge on any atom is 0.295 e. The van der Waals surface area contributed by atoms with Gasteiger partial charge in [-0.05, 0) is 45.0 Å². The smallest absolute Gasteiger partial charge is 0.295 e. The highest BCUT2D eigenvalue weighted by Crippen LogP contribution is 2.25. The lowest BCUT2D eigenvalue weighted by Gasteiger charge is -2.21. The van der Waals surface area contributed by atoms with Crippen LogP contribution < -0.4 is 5.32 Å². The SMILES string of the molecule is CC(CN1CCCC1)Nc1ccc(F)cc1[N+](=O)[O-]. The summed E-state index contributed by atoms with van der Waals surface area (Å²) in [5, 5.41) is 14.0. The summed E-state index contributed by atoms with van der Waals surface area (Å²) in [6.45, 7) is 4.98. The molecule has 1 atom stereocenters. The molecule has 1 heterocycles. The fourth-order valence-electron chi connectivity index (χ4n) is 2.44. The second-order valence-electron chi connectivity index (χ2n) is 4.97. The van der Waals surface area contributed by atoms with Gasteiger partial charge in [0.2, 0.25) is 0 Å². The van der Waals surface area contributed by atoms with Gasteiger partial charge in [-0.2, -0.15) is 0 Å². The first kappa shape index (κ1) is 13.7. The van der Waals surface area contributed by atoms with E-state index in [1.165, 1.54) is 25.0 Å². The number of halogens is 1. The molecule has 0 aromatic heterocycles. The predicted octanol–water partition coefficient (Wildman–Crippen LogP) is 2.63. The Kier molecular flexibility index (Phi) is 4.31. The summed E-state index contributed by atoms with van der Waals surface area (Å²) in [6, 6.07) is 3.69. The fraction of sp³-hybridized carbons (Fsp3) is 0.538. The monoisotopic (exact) mass is 267 g/mol. The Bertz CT molecular complexity index is 461. The summed E-state index contributed by atoms with van der Waals surface area (Å²) in [5.74, 6) is -0.593. The lowest BCUT2D eigenvalue weighted by molar-refractivity contribution is -0.384. The van der Waals surface area contributed by atoms with Gasteiger partial charge in [0.1, 0.15) is 11.5 Å². The highest BCUT2D eigenvalue weighted by atomic mass is 19.1. The number of anilines is 1. The number of rotatable bonds is 5. The number of nitro benzene ring substituents is 1. The van der Waals surface area contributed by atoms with Crippen LogP contribution in [0.4, 0.5) is 15.8 Å². The van der Waals surface area contributed by atoms with Gasteiger partial charge in [-0.1, -0.05) is 0 Å². The van der Waals surface area contributed by atoms with Gasteiger partial charge in [0.05, 0.1) is 11.0 Å². The summed E-state index contributed by atoms with van der Waals surface area (Å²) in [7, 11) is 0. The topological polar surface area (TPSA) is 58.4 Å². The minimum Gasteiger partial charge on any atom is -0.376 e. The Labute approximate surface area is 111 Å². The van der Waals surface area contributed by atoms with E-state index >= 15 is 0 Å². The Morgan fingerprint density at radius 1 is 1.47 bits per heavy atom. The number of hydrogen-bond donors (Lipinski definition) is 1. The fourth-order valence-corrected chi connectivity index (χ4v) is 2.44. The minimum atomic E-state index is -0.593. The number of hydrogen-bond acceptors (Lipinski definition) is 4. The van der Waals surface area contributed by atoms with Gasteiger partial charge >= 0.3 is 0 Å². The zero-order valence-electron chi connectivity index (χ0n) is 10.9. The summed E-state index contributed by atoms with van der Waals surface area (Å²) in [4.78, 5) is 12.7. The van der Waals surface area contributed by atoms with Crippen LogP contribution in [0.5, 0.6) is 0 Å². The number of nitrogens with zero attached hydrogens (tertiary/aromatic N) is 2. The van der Waals surface area contributed by atoms with Crippen LogP contribution in [0.3, 0.4) is 0 Å². The third-order valence-corrected chi connectivity index (χ3v) is 3.29. The number of likely N-dealkylation sites (tertiary alicyclic amines) is 1. The number of benzene rings is 1. The molecule has 19 heavy (non-hydrogen) atoms. The molecular formula is C13H18FN3O2. The van der Waals surface area contributed by atoms with E-state index in [1.807, 2.05) is 6.92 Å². The van der Waals surface area contributed by atoms with E-state index in [2.05, 4.69) is 10.2 Å². The zero-order chi connectivity index (χ0) is 13.8. The largest absolute Gasteiger partial charge is 0.376 e. The lowest BCUT2D eigenvalue weighted by atomic mass is 10.2. The molecule has 2 rings (SSSR count). The third-order valence-electron chi connectivity index (χ3n) is 3.29. The van der Waals surface area contributed by atoms with Crippen molar-refractivity contribution in [3.8, 4) is 0 Å². The molecule has 0 saturated carbocycles. The Hall–Kier alpha value is -1.69. The second-order valence-corrected chi connectivity index (χ2v) is 4.97. The molecule has 1 fully saturated rings. The predicted molar refractivity (Wildman–Crippen MR) is 71.8 cm³/mol. The normalized spacial score (nSPS) is 17.4. The Morgan fingerprint density at radius 3 is 2.79 bits per heavy atom.